The number of hydrogen-bond acceptors (Lipinski definition) is 2. The highest BCUT2D eigenvalue weighted by Gasteiger charge is 2.25. The SMILES string of the molecule is CC1CN(Cc2cccc(C(=O)O)c2)CC1C. The van der Waals surface area contributed by atoms with Crippen molar-refractivity contribution in [3.8, 4) is 0 Å². The Morgan fingerprint density at radius 3 is 2.59 bits per heavy atom. The molecule has 0 amide bonds. The van der Waals surface area contributed by atoms with Crippen molar-refractivity contribution < 1.29 is 9.90 Å². The van der Waals surface area contributed by atoms with E-state index in [-0.39, 0.29) is 0 Å². The number of rotatable bonds is 3. The maximum Gasteiger partial charge on any atom is 0.335 e. The summed E-state index contributed by atoms with van der Waals surface area (Å²) in [5, 5.41) is 8.94. The maximum absolute atomic E-state index is 10.9. The lowest BCUT2D eigenvalue weighted by Crippen LogP contribution is -2.20. The van der Waals surface area contributed by atoms with Crippen LogP contribution in [0.15, 0.2) is 24.3 Å². The fourth-order valence-corrected chi connectivity index (χ4v) is 2.44. The third-order valence-electron chi connectivity index (χ3n) is 3.64. The summed E-state index contributed by atoms with van der Waals surface area (Å²) in [4.78, 5) is 13.3. The summed E-state index contributed by atoms with van der Waals surface area (Å²) >= 11 is 0. The van der Waals surface area contributed by atoms with E-state index in [4.69, 9.17) is 5.11 Å². The van der Waals surface area contributed by atoms with E-state index >= 15 is 0 Å². The molecule has 1 saturated heterocycles. The Balaban J connectivity index is 2.04. The van der Waals surface area contributed by atoms with Gasteiger partial charge in [-0.15, -0.1) is 0 Å². The van der Waals surface area contributed by atoms with Crippen molar-refractivity contribution in [1.82, 2.24) is 4.90 Å². The average molecular weight is 233 g/mol. The van der Waals surface area contributed by atoms with Gasteiger partial charge in [0.05, 0.1) is 5.56 Å². The molecule has 3 heteroatoms. The third-order valence-corrected chi connectivity index (χ3v) is 3.64. The van der Waals surface area contributed by atoms with Crippen LogP contribution in [0.3, 0.4) is 0 Å². The maximum atomic E-state index is 10.9. The molecule has 0 bridgehead atoms. The minimum atomic E-state index is -0.852. The van der Waals surface area contributed by atoms with Crippen LogP contribution in [0.5, 0.6) is 0 Å². The fraction of sp³-hybridized carbons (Fsp3) is 0.500. The highest BCUT2D eigenvalue weighted by atomic mass is 16.4. The monoisotopic (exact) mass is 233 g/mol. The van der Waals surface area contributed by atoms with Gasteiger partial charge in [-0.25, -0.2) is 4.79 Å². The number of nitrogens with zero attached hydrogens (tertiary/aromatic N) is 1. The summed E-state index contributed by atoms with van der Waals surface area (Å²) in [6, 6.07) is 7.23. The number of carboxylic acids is 1. The predicted molar refractivity (Wildman–Crippen MR) is 67.0 cm³/mol. The number of benzene rings is 1. The molecule has 1 aromatic carbocycles. The van der Waals surface area contributed by atoms with Crippen molar-refractivity contribution in [1.29, 1.82) is 0 Å². The van der Waals surface area contributed by atoms with Crippen molar-refractivity contribution in [3.63, 3.8) is 0 Å². The molecule has 1 aliphatic heterocycles. The second-order valence-corrected chi connectivity index (χ2v) is 5.15. The molecular formula is C14H19NO2. The Kier molecular flexibility index (Phi) is 3.48. The average Bonchev–Trinajstić information content (AvgIpc) is 2.58. The van der Waals surface area contributed by atoms with Gasteiger partial charge in [0.2, 0.25) is 0 Å². The molecule has 0 aliphatic carbocycles. The lowest BCUT2D eigenvalue weighted by Gasteiger charge is -2.15. The molecule has 92 valence electrons. The molecule has 2 rings (SSSR count). The molecule has 1 heterocycles. The Labute approximate surface area is 102 Å². The van der Waals surface area contributed by atoms with Crippen LogP contribution in [0.2, 0.25) is 0 Å². The summed E-state index contributed by atoms with van der Waals surface area (Å²) in [6.07, 6.45) is 0. The summed E-state index contributed by atoms with van der Waals surface area (Å²) < 4.78 is 0. The van der Waals surface area contributed by atoms with Crippen molar-refractivity contribution in [2.75, 3.05) is 13.1 Å². The fourth-order valence-electron chi connectivity index (χ4n) is 2.44. The molecule has 0 spiro atoms. The molecule has 0 radical (unpaired) electrons. The molecule has 17 heavy (non-hydrogen) atoms. The number of carbonyl (C=O) groups is 1. The van der Waals surface area contributed by atoms with Gasteiger partial charge in [0, 0.05) is 19.6 Å². The molecule has 2 atom stereocenters. The molecular weight excluding hydrogens is 214 g/mol. The van der Waals surface area contributed by atoms with E-state index in [2.05, 4.69) is 18.7 Å². The quantitative estimate of drug-likeness (QED) is 0.872. The highest BCUT2D eigenvalue weighted by Crippen LogP contribution is 2.23. The first-order valence-corrected chi connectivity index (χ1v) is 6.11. The van der Waals surface area contributed by atoms with Crippen LogP contribution in [0.25, 0.3) is 0 Å². The number of likely N-dealkylation sites (tertiary alicyclic amines) is 1. The minimum Gasteiger partial charge on any atom is -0.478 e. The largest absolute Gasteiger partial charge is 0.478 e. The zero-order chi connectivity index (χ0) is 12.4. The Morgan fingerprint density at radius 2 is 2.00 bits per heavy atom. The van der Waals surface area contributed by atoms with Crippen LogP contribution in [0, 0.1) is 11.8 Å². The predicted octanol–water partition coefficient (Wildman–Crippen LogP) is 2.47. The van der Waals surface area contributed by atoms with Crippen LogP contribution in [-0.4, -0.2) is 29.1 Å². The zero-order valence-electron chi connectivity index (χ0n) is 10.4. The van der Waals surface area contributed by atoms with Gasteiger partial charge in [-0.2, -0.15) is 0 Å². The first-order valence-electron chi connectivity index (χ1n) is 6.11. The van der Waals surface area contributed by atoms with Crippen molar-refractivity contribution >= 4 is 5.97 Å². The van der Waals surface area contributed by atoms with E-state index in [1.54, 1.807) is 12.1 Å². The van der Waals surface area contributed by atoms with Crippen LogP contribution in [-0.2, 0) is 6.54 Å². The van der Waals surface area contributed by atoms with E-state index < -0.39 is 5.97 Å². The topological polar surface area (TPSA) is 40.5 Å². The van der Waals surface area contributed by atoms with Gasteiger partial charge < -0.3 is 5.11 Å². The second-order valence-electron chi connectivity index (χ2n) is 5.15. The summed E-state index contributed by atoms with van der Waals surface area (Å²) in [6.45, 7) is 7.63. The second kappa shape index (κ2) is 4.88. The first-order chi connectivity index (χ1) is 8.06. The summed E-state index contributed by atoms with van der Waals surface area (Å²) in [7, 11) is 0. The van der Waals surface area contributed by atoms with Crippen LogP contribution in [0.4, 0.5) is 0 Å². The van der Waals surface area contributed by atoms with Crippen LogP contribution in [0.1, 0.15) is 29.8 Å². The summed E-state index contributed by atoms with van der Waals surface area (Å²) in [5.41, 5.74) is 1.47. The van der Waals surface area contributed by atoms with Gasteiger partial charge in [0.1, 0.15) is 0 Å². The Bertz CT molecular complexity index is 406. The first kappa shape index (κ1) is 12.1. The van der Waals surface area contributed by atoms with Gasteiger partial charge in [0.25, 0.3) is 0 Å². The van der Waals surface area contributed by atoms with Gasteiger partial charge in [-0.1, -0.05) is 26.0 Å². The van der Waals surface area contributed by atoms with Crippen molar-refractivity contribution in [3.05, 3.63) is 35.4 Å². The molecule has 0 saturated carbocycles. The number of hydrogen-bond donors (Lipinski definition) is 1. The van der Waals surface area contributed by atoms with Crippen molar-refractivity contribution in [2.24, 2.45) is 11.8 Å². The standard InChI is InChI=1S/C14H19NO2/c1-10-7-15(8-11(10)2)9-12-4-3-5-13(6-12)14(16)17/h3-6,10-11H,7-9H2,1-2H3,(H,16,17). The molecule has 1 aromatic rings. The Hall–Kier alpha value is -1.35. The van der Waals surface area contributed by atoms with E-state index in [1.165, 1.54) is 0 Å². The molecule has 3 nitrogen and oxygen atoms in total. The minimum absolute atomic E-state index is 0.378. The highest BCUT2D eigenvalue weighted by molar-refractivity contribution is 5.87. The molecule has 0 aromatic heterocycles. The number of carboxylic acid groups (broad SMARTS) is 1. The zero-order valence-corrected chi connectivity index (χ0v) is 10.4. The molecule has 2 unspecified atom stereocenters. The Morgan fingerprint density at radius 1 is 1.35 bits per heavy atom. The van der Waals surface area contributed by atoms with Crippen molar-refractivity contribution in [2.45, 2.75) is 20.4 Å². The molecule has 1 N–H and O–H groups in total. The van der Waals surface area contributed by atoms with Gasteiger partial charge in [0.15, 0.2) is 0 Å². The van der Waals surface area contributed by atoms with Crippen LogP contribution < -0.4 is 0 Å². The molecule has 1 aliphatic rings. The molecule has 1 fully saturated rings. The van der Waals surface area contributed by atoms with Gasteiger partial charge in [-0.3, -0.25) is 4.90 Å². The van der Waals surface area contributed by atoms with Gasteiger partial charge in [-0.05, 0) is 29.5 Å². The smallest absolute Gasteiger partial charge is 0.335 e. The van der Waals surface area contributed by atoms with E-state index in [0.717, 1.165) is 37.0 Å². The van der Waals surface area contributed by atoms with Crippen LogP contribution >= 0.6 is 0 Å². The van der Waals surface area contributed by atoms with E-state index in [1.807, 2.05) is 12.1 Å². The number of aromatic carboxylic acids is 1. The lowest BCUT2D eigenvalue weighted by atomic mass is 10.0. The van der Waals surface area contributed by atoms with E-state index in [0.29, 0.717) is 5.56 Å². The third kappa shape index (κ3) is 2.86. The normalized spacial score (nSPS) is 25.1. The summed E-state index contributed by atoms with van der Waals surface area (Å²) in [5.74, 6) is 0.616. The van der Waals surface area contributed by atoms with Gasteiger partial charge >= 0.3 is 5.97 Å². The lowest BCUT2D eigenvalue weighted by molar-refractivity contribution is 0.0696. The van der Waals surface area contributed by atoms with E-state index in [9.17, 15) is 4.79 Å².